The van der Waals surface area contributed by atoms with Crippen LogP contribution in [0.5, 0.6) is 0 Å². The molecule has 2 heterocycles. The van der Waals surface area contributed by atoms with Gasteiger partial charge >= 0.3 is 0 Å². The van der Waals surface area contributed by atoms with Crippen molar-refractivity contribution in [2.24, 2.45) is 4.99 Å². The van der Waals surface area contributed by atoms with Gasteiger partial charge in [-0.1, -0.05) is 12.8 Å². The van der Waals surface area contributed by atoms with Crippen molar-refractivity contribution in [3.8, 4) is 0 Å². The average molecular weight is 350 g/mol. The molecule has 1 amide bonds. The van der Waals surface area contributed by atoms with Crippen LogP contribution in [-0.4, -0.2) is 51.6 Å². The standard InChI is InChI=1S/C16H22N4O3S/c1-19(2)14(21)12-8-10-9-17-16(24(3)23)18-13(10)20(15(12)22)11-6-4-5-7-11/h8-9,11,16,18H,4-7H2,1-3H3. The number of amides is 1. The number of pyridine rings is 1. The second kappa shape index (κ2) is 6.51. The van der Waals surface area contributed by atoms with E-state index in [0.29, 0.717) is 11.4 Å². The van der Waals surface area contributed by atoms with Crippen LogP contribution in [0.15, 0.2) is 15.9 Å². The molecule has 24 heavy (non-hydrogen) atoms. The molecule has 2 aliphatic rings. The Balaban J connectivity index is 2.19. The molecule has 3 rings (SSSR count). The minimum Gasteiger partial charge on any atom is -0.345 e. The Labute approximate surface area is 143 Å². The predicted molar refractivity (Wildman–Crippen MR) is 95.3 cm³/mol. The lowest BCUT2D eigenvalue weighted by molar-refractivity contribution is 0.0825. The monoisotopic (exact) mass is 350 g/mol. The number of aliphatic imine (C=N–C) groups is 1. The van der Waals surface area contributed by atoms with Crippen molar-refractivity contribution in [3.05, 3.63) is 27.5 Å². The Kier molecular flexibility index (Phi) is 4.58. The van der Waals surface area contributed by atoms with E-state index in [4.69, 9.17) is 0 Å². The highest BCUT2D eigenvalue weighted by Gasteiger charge is 2.29. The summed E-state index contributed by atoms with van der Waals surface area (Å²) in [6.07, 6.45) is 7.12. The van der Waals surface area contributed by atoms with E-state index in [1.807, 2.05) is 0 Å². The highest BCUT2D eigenvalue weighted by atomic mass is 32.2. The number of carbonyl (C=O) groups is 1. The van der Waals surface area contributed by atoms with Gasteiger partial charge in [-0.2, -0.15) is 0 Å². The molecule has 1 N–H and O–H groups in total. The van der Waals surface area contributed by atoms with Crippen LogP contribution in [0.4, 0.5) is 5.82 Å². The van der Waals surface area contributed by atoms with Gasteiger partial charge in [0.25, 0.3) is 11.5 Å². The zero-order valence-electron chi connectivity index (χ0n) is 14.1. The van der Waals surface area contributed by atoms with E-state index in [1.54, 1.807) is 37.2 Å². The van der Waals surface area contributed by atoms with Crippen molar-refractivity contribution in [1.82, 2.24) is 9.47 Å². The van der Waals surface area contributed by atoms with Crippen LogP contribution >= 0.6 is 0 Å². The van der Waals surface area contributed by atoms with Crippen molar-refractivity contribution in [2.75, 3.05) is 25.7 Å². The Morgan fingerprint density at radius 3 is 2.62 bits per heavy atom. The largest absolute Gasteiger partial charge is 0.345 e. The van der Waals surface area contributed by atoms with Crippen LogP contribution in [0.25, 0.3) is 0 Å². The van der Waals surface area contributed by atoms with E-state index in [1.165, 1.54) is 4.90 Å². The topological polar surface area (TPSA) is 83.8 Å². The molecule has 0 bridgehead atoms. The quantitative estimate of drug-likeness (QED) is 0.887. The summed E-state index contributed by atoms with van der Waals surface area (Å²) in [6.45, 7) is 0. The van der Waals surface area contributed by atoms with Gasteiger partial charge in [0.05, 0.1) is 10.8 Å². The summed E-state index contributed by atoms with van der Waals surface area (Å²) in [7, 11) is 2.06. The average Bonchev–Trinajstić information content (AvgIpc) is 3.06. The summed E-state index contributed by atoms with van der Waals surface area (Å²) in [5.41, 5.74) is -0.0221. The lowest BCUT2D eigenvalue weighted by Gasteiger charge is -2.27. The van der Waals surface area contributed by atoms with Crippen molar-refractivity contribution < 1.29 is 9.00 Å². The third-order valence-electron chi connectivity index (χ3n) is 4.51. The normalized spacial score (nSPS) is 21.2. The summed E-state index contributed by atoms with van der Waals surface area (Å²) < 4.78 is 13.5. The van der Waals surface area contributed by atoms with Crippen molar-refractivity contribution in [2.45, 2.75) is 37.2 Å². The van der Waals surface area contributed by atoms with Crippen molar-refractivity contribution in [1.29, 1.82) is 0 Å². The van der Waals surface area contributed by atoms with Crippen LogP contribution in [0.3, 0.4) is 0 Å². The smallest absolute Gasteiger partial charge is 0.265 e. The number of nitrogens with zero attached hydrogens (tertiary/aromatic N) is 3. The van der Waals surface area contributed by atoms with E-state index in [9.17, 15) is 13.8 Å². The number of anilines is 1. The van der Waals surface area contributed by atoms with Gasteiger partial charge in [-0.15, -0.1) is 0 Å². The molecule has 1 saturated carbocycles. The fourth-order valence-electron chi connectivity index (χ4n) is 3.28. The third kappa shape index (κ3) is 2.90. The predicted octanol–water partition coefficient (Wildman–Crippen LogP) is 1.17. The first-order valence-corrected chi connectivity index (χ1v) is 9.65. The number of hydrogen-bond donors (Lipinski definition) is 1. The molecular weight excluding hydrogens is 328 g/mol. The zero-order chi connectivity index (χ0) is 17.4. The number of hydrogen-bond acceptors (Lipinski definition) is 5. The van der Waals surface area contributed by atoms with E-state index < -0.39 is 16.3 Å². The Hall–Kier alpha value is -1.96. The molecule has 2 unspecified atom stereocenters. The van der Waals surface area contributed by atoms with Crippen LogP contribution in [-0.2, 0) is 10.8 Å². The third-order valence-corrected chi connectivity index (χ3v) is 5.38. The zero-order valence-corrected chi connectivity index (χ0v) is 14.9. The van der Waals surface area contributed by atoms with E-state index in [0.717, 1.165) is 25.7 Å². The second-order valence-electron chi connectivity index (χ2n) is 6.45. The van der Waals surface area contributed by atoms with Crippen LogP contribution in [0.2, 0.25) is 0 Å². The number of aromatic nitrogens is 1. The Morgan fingerprint density at radius 1 is 1.38 bits per heavy atom. The van der Waals surface area contributed by atoms with Gasteiger partial charge in [0.1, 0.15) is 11.4 Å². The lowest BCUT2D eigenvalue weighted by atomic mass is 10.1. The fraction of sp³-hybridized carbons (Fsp3) is 0.562. The maximum absolute atomic E-state index is 13.0. The van der Waals surface area contributed by atoms with Gasteiger partial charge in [-0.05, 0) is 18.9 Å². The highest BCUT2D eigenvalue weighted by molar-refractivity contribution is 7.85. The molecule has 130 valence electrons. The summed E-state index contributed by atoms with van der Waals surface area (Å²) in [5, 5.41) is 3.12. The van der Waals surface area contributed by atoms with Crippen molar-refractivity contribution in [3.63, 3.8) is 0 Å². The first kappa shape index (κ1) is 16.9. The Bertz CT molecular complexity index is 778. The molecule has 2 atom stereocenters. The van der Waals surface area contributed by atoms with Crippen LogP contribution < -0.4 is 10.9 Å². The molecule has 1 aromatic rings. The van der Waals surface area contributed by atoms with Crippen LogP contribution in [0.1, 0.15) is 47.6 Å². The van der Waals surface area contributed by atoms with Gasteiger partial charge in [0.2, 0.25) is 0 Å². The Morgan fingerprint density at radius 2 is 2.04 bits per heavy atom. The number of nitrogens with one attached hydrogen (secondary N) is 1. The minimum absolute atomic E-state index is 0.0612. The molecule has 0 saturated heterocycles. The number of carbonyl (C=O) groups excluding carboxylic acids is 1. The molecule has 0 radical (unpaired) electrons. The molecule has 1 aliphatic heterocycles. The first-order valence-electron chi connectivity index (χ1n) is 8.03. The van der Waals surface area contributed by atoms with Gasteiger partial charge in [-0.3, -0.25) is 23.4 Å². The lowest BCUT2D eigenvalue weighted by Crippen LogP contribution is -2.38. The molecule has 1 fully saturated rings. The molecule has 0 spiro atoms. The number of fused-ring (bicyclic) bond motifs is 1. The van der Waals surface area contributed by atoms with Gasteiger partial charge in [-0.25, -0.2) is 0 Å². The summed E-state index contributed by atoms with van der Waals surface area (Å²) >= 11 is 0. The summed E-state index contributed by atoms with van der Waals surface area (Å²) in [4.78, 5) is 31.0. The maximum Gasteiger partial charge on any atom is 0.265 e. The van der Waals surface area contributed by atoms with Crippen LogP contribution in [0, 0.1) is 0 Å². The highest BCUT2D eigenvalue weighted by Crippen LogP contribution is 2.33. The summed E-state index contributed by atoms with van der Waals surface area (Å²) in [5.74, 6) is 0.307. The van der Waals surface area contributed by atoms with E-state index in [2.05, 4.69) is 10.3 Å². The van der Waals surface area contributed by atoms with Gasteiger partial charge in [0.15, 0.2) is 5.50 Å². The maximum atomic E-state index is 13.0. The van der Waals surface area contributed by atoms with E-state index >= 15 is 0 Å². The van der Waals surface area contributed by atoms with Gasteiger partial charge in [0, 0.05) is 38.2 Å². The molecule has 7 nitrogen and oxygen atoms in total. The van der Waals surface area contributed by atoms with Gasteiger partial charge < -0.3 is 10.2 Å². The minimum atomic E-state index is -1.20. The van der Waals surface area contributed by atoms with E-state index in [-0.39, 0.29) is 23.1 Å². The molecule has 1 aromatic heterocycles. The molecular formula is C16H22N4O3S. The molecule has 0 aromatic carbocycles. The molecule has 1 aliphatic carbocycles. The first-order chi connectivity index (χ1) is 11.4. The second-order valence-corrected chi connectivity index (χ2v) is 7.89. The summed E-state index contributed by atoms with van der Waals surface area (Å²) in [6, 6.07) is 1.64. The fourth-order valence-corrected chi connectivity index (χ4v) is 3.79. The van der Waals surface area contributed by atoms with Crippen molar-refractivity contribution >= 4 is 28.7 Å². The molecule has 8 heteroatoms. The number of rotatable bonds is 3. The SMILES string of the molecule is CN(C)C(=O)c1cc2c(n(C3CCCC3)c1=O)NC(S(C)=O)N=C2.